The molecule has 0 saturated carbocycles. The second kappa shape index (κ2) is 4.04. The van der Waals surface area contributed by atoms with Gasteiger partial charge in [0.2, 0.25) is 0 Å². The van der Waals surface area contributed by atoms with Crippen LogP contribution in [-0.2, 0) is 0 Å². The first-order valence-electron chi connectivity index (χ1n) is 4.12. The molecule has 0 fully saturated rings. The lowest BCUT2D eigenvalue weighted by atomic mass is 10.2. The van der Waals surface area contributed by atoms with Crippen LogP contribution in [0.3, 0.4) is 0 Å². The van der Waals surface area contributed by atoms with Crippen LogP contribution >= 0.6 is 23.2 Å². The molecule has 0 bridgehead atoms. The van der Waals surface area contributed by atoms with Gasteiger partial charge in [-0.2, -0.15) is 0 Å². The van der Waals surface area contributed by atoms with E-state index in [1.807, 2.05) is 0 Å². The molecule has 0 aliphatic heterocycles. The van der Waals surface area contributed by atoms with Crippen molar-refractivity contribution in [1.29, 1.82) is 0 Å². The van der Waals surface area contributed by atoms with E-state index in [-0.39, 0.29) is 5.75 Å². The highest BCUT2D eigenvalue weighted by Crippen LogP contribution is 2.25. The molecule has 2 aromatic rings. The maximum Gasteiger partial charge on any atom is 0.159 e. The number of aromatic nitrogens is 2. The van der Waals surface area contributed by atoms with Crippen LogP contribution in [0.1, 0.15) is 0 Å². The quantitative estimate of drug-likeness (QED) is 0.833. The van der Waals surface area contributed by atoms with Crippen molar-refractivity contribution in [3.8, 4) is 17.1 Å². The molecule has 3 nitrogen and oxygen atoms in total. The summed E-state index contributed by atoms with van der Waals surface area (Å²) in [6.45, 7) is 0. The zero-order chi connectivity index (χ0) is 10.8. The molecule has 15 heavy (non-hydrogen) atoms. The Morgan fingerprint density at radius 2 is 1.47 bits per heavy atom. The first kappa shape index (κ1) is 10.2. The summed E-state index contributed by atoms with van der Waals surface area (Å²) in [4.78, 5) is 7.90. The average Bonchev–Trinajstić information content (AvgIpc) is 2.17. The molecular weight excluding hydrogens is 235 g/mol. The summed E-state index contributed by atoms with van der Waals surface area (Å²) in [5, 5.41) is 10.1. The fourth-order valence-corrected chi connectivity index (χ4v) is 1.68. The summed E-state index contributed by atoms with van der Waals surface area (Å²) < 4.78 is 0. The predicted molar refractivity (Wildman–Crippen MR) is 59.2 cm³/mol. The summed E-state index contributed by atoms with van der Waals surface area (Å²) in [6.07, 6.45) is 2.63. The fourth-order valence-electron chi connectivity index (χ4n) is 1.15. The summed E-state index contributed by atoms with van der Waals surface area (Å²) in [7, 11) is 0. The molecule has 2 rings (SSSR count). The third-order valence-electron chi connectivity index (χ3n) is 1.76. The van der Waals surface area contributed by atoms with E-state index < -0.39 is 0 Å². The molecule has 0 aliphatic rings. The molecule has 1 heterocycles. The highest BCUT2D eigenvalue weighted by atomic mass is 35.5. The zero-order valence-corrected chi connectivity index (χ0v) is 9.00. The standard InChI is InChI=1S/C10H6Cl2N2O/c11-7-1-6(2-8(12)3-7)10-13-4-9(15)5-14-10/h1-5,15H. The van der Waals surface area contributed by atoms with E-state index in [0.717, 1.165) is 0 Å². The monoisotopic (exact) mass is 240 g/mol. The lowest BCUT2D eigenvalue weighted by Gasteiger charge is -2.01. The number of hydrogen-bond donors (Lipinski definition) is 1. The van der Waals surface area contributed by atoms with Gasteiger partial charge in [0.15, 0.2) is 11.6 Å². The second-order valence-corrected chi connectivity index (χ2v) is 3.80. The Bertz CT molecular complexity index is 465. The largest absolute Gasteiger partial charge is 0.505 e. The molecule has 0 saturated heterocycles. The zero-order valence-electron chi connectivity index (χ0n) is 7.48. The molecule has 0 unspecified atom stereocenters. The molecule has 1 aromatic carbocycles. The van der Waals surface area contributed by atoms with Crippen molar-refractivity contribution in [3.63, 3.8) is 0 Å². The third-order valence-corrected chi connectivity index (χ3v) is 2.20. The van der Waals surface area contributed by atoms with E-state index in [2.05, 4.69) is 9.97 Å². The lowest BCUT2D eigenvalue weighted by Crippen LogP contribution is -1.87. The molecule has 76 valence electrons. The first-order chi connectivity index (χ1) is 7.15. The van der Waals surface area contributed by atoms with Crippen molar-refractivity contribution in [2.45, 2.75) is 0 Å². The van der Waals surface area contributed by atoms with E-state index in [0.29, 0.717) is 21.4 Å². The van der Waals surface area contributed by atoms with E-state index in [9.17, 15) is 0 Å². The highest BCUT2D eigenvalue weighted by Gasteiger charge is 2.03. The number of rotatable bonds is 1. The van der Waals surface area contributed by atoms with Gasteiger partial charge in [-0.1, -0.05) is 23.2 Å². The van der Waals surface area contributed by atoms with E-state index >= 15 is 0 Å². The van der Waals surface area contributed by atoms with Crippen LogP contribution in [-0.4, -0.2) is 15.1 Å². The van der Waals surface area contributed by atoms with Crippen LogP contribution in [0.15, 0.2) is 30.6 Å². The van der Waals surface area contributed by atoms with E-state index in [1.54, 1.807) is 18.2 Å². The summed E-state index contributed by atoms with van der Waals surface area (Å²) in [5.74, 6) is 0.490. The topological polar surface area (TPSA) is 46.0 Å². The van der Waals surface area contributed by atoms with Crippen molar-refractivity contribution in [3.05, 3.63) is 40.6 Å². The minimum atomic E-state index is 0.0203. The average molecular weight is 241 g/mol. The van der Waals surface area contributed by atoms with Gasteiger partial charge in [0.25, 0.3) is 0 Å². The number of benzene rings is 1. The minimum absolute atomic E-state index is 0.0203. The lowest BCUT2D eigenvalue weighted by molar-refractivity contribution is 0.470. The van der Waals surface area contributed by atoms with Gasteiger partial charge in [0.1, 0.15) is 0 Å². The predicted octanol–water partition coefficient (Wildman–Crippen LogP) is 3.16. The molecule has 0 radical (unpaired) electrons. The first-order valence-corrected chi connectivity index (χ1v) is 4.88. The summed E-state index contributed by atoms with van der Waals surface area (Å²) >= 11 is 11.7. The fraction of sp³-hybridized carbons (Fsp3) is 0. The van der Waals surface area contributed by atoms with Gasteiger partial charge in [0.05, 0.1) is 12.4 Å². The van der Waals surface area contributed by atoms with Crippen molar-refractivity contribution in [2.75, 3.05) is 0 Å². The van der Waals surface area contributed by atoms with Crippen LogP contribution < -0.4 is 0 Å². The number of hydrogen-bond acceptors (Lipinski definition) is 3. The highest BCUT2D eigenvalue weighted by molar-refractivity contribution is 6.35. The Kier molecular flexibility index (Phi) is 2.75. The summed E-state index contributed by atoms with van der Waals surface area (Å²) in [6, 6.07) is 5.05. The Morgan fingerprint density at radius 3 is 2.00 bits per heavy atom. The molecule has 1 aromatic heterocycles. The number of nitrogens with zero attached hydrogens (tertiary/aromatic N) is 2. The Hall–Kier alpha value is -1.32. The Balaban J connectivity index is 2.49. The van der Waals surface area contributed by atoms with E-state index in [1.165, 1.54) is 12.4 Å². The second-order valence-electron chi connectivity index (χ2n) is 2.92. The van der Waals surface area contributed by atoms with Crippen molar-refractivity contribution in [2.24, 2.45) is 0 Å². The SMILES string of the molecule is Oc1cnc(-c2cc(Cl)cc(Cl)c2)nc1. The van der Waals surface area contributed by atoms with Gasteiger partial charge in [0, 0.05) is 15.6 Å². The van der Waals surface area contributed by atoms with Gasteiger partial charge < -0.3 is 5.11 Å². The summed E-state index contributed by atoms with van der Waals surface area (Å²) in [5.41, 5.74) is 0.715. The molecule has 0 aliphatic carbocycles. The van der Waals surface area contributed by atoms with Crippen molar-refractivity contribution >= 4 is 23.2 Å². The molecule has 5 heteroatoms. The van der Waals surface area contributed by atoms with Crippen LogP contribution in [0.2, 0.25) is 10.0 Å². The molecule has 0 spiro atoms. The Morgan fingerprint density at radius 1 is 0.933 bits per heavy atom. The van der Waals surface area contributed by atoms with Crippen molar-refractivity contribution < 1.29 is 5.11 Å². The molecule has 1 N–H and O–H groups in total. The van der Waals surface area contributed by atoms with Gasteiger partial charge in [-0.25, -0.2) is 9.97 Å². The van der Waals surface area contributed by atoms with Crippen molar-refractivity contribution in [1.82, 2.24) is 9.97 Å². The molecule has 0 amide bonds. The van der Waals surface area contributed by atoms with Gasteiger partial charge in [-0.05, 0) is 18.2 Å². The van der Waals surface area contributed by atoms with Crippen LogP contribution in [0.5, 0.6) is 5.75 Å². The number of halogens is 2. The van der Waals surface area contributed by atoms with E-state index in [4.69, 9.17) is 28.3 Å². The third kappa shape index (κ3) is 2.37. The van der Waals surface area contributed by atoms with Crippen LogP contribution in [0.25, 0.3) is 11.4 Å². The van der Waals surface area contributed by atoms with Crippen LogP contribution in [0.4, 0.5) is 0 Å². The molecular formula is C10H6Cl2N2O. The van der Waals surface area contributed by atoms with Crippen LogP contribution in [0, 0.1) is 0 Å². The maximum atomic E-state index is 9.04. The number of aromatic hydroxyl groups is 1. The Labute approximate surface area is 96.3 Å². The maximum absolute atomic E-state index is 9.04. The molecule has 0 atom stereocenters. The van der Waals surface area contributed by atoms with Gasteiger partial charge >= 0.3 is 0 Å². The van der Waals surface area contributed by atoms with Gasteiger partial charge in [-0.15, -0.1) is 0 Å². The van der Waals surface area contributed by atoms with Gasteiger partial charge in [-0.3, -0.25) is 0 Å². The minimum Gasteiger partial charge on any atom is -0.505 e. The smallest absolute Gasteiger partial charge is 0.159 e. The normalized spacial score (nSPS) is 10.3.